The van der Waals surface area contributed by atoms with Gasteiger partial charge in [-0.3, -0.25) is 0 Å². The highest BCUT2D eigenvalue weighted by atomic mass is 16.6. The number of ether oxygens (including phenoxy) is 5. The molecule has 0 bridgehead atoms. The van der Waals surface area contributed by atoms with Crippen LogP contribution in [-0.2, 0) is 18.9 Å². The lowest BCUT2D eigenvalue weighted by Gasteiger charge is -2.14. The molecule has 7 heteroatoms. The average molecular weight is 478 g/mol. The van der Waals surface area contributed by atoms with Crippen LogP contribution in [-0.4, -0.2) is 63.9 Å². The van der Waals surface area contributed by atoms with Crippen molar-refractivity contribution in [1.29, 1.82) is 0 Å². The van der Waals surface area contributed by atoms with Gasteiger partial charge < -0.3 is 28.3 Å². The van der Waals surface area contributed by atoms with Crippen LogP contribution in [0.25, 0.3) is 27.5 Å². The molecular formula is C28H31NO6. The van der Waals surface area contributed by atoms with E-state index < -0.39 is 5.97 Å². The van der Waals surface area contributed by atoms with Crippen LogP contribution in [0.5, 0.6) is 5.75 Å². The Kier molecular flexibility index (Phi) is 8.73. The molecule has 0 spiro atoms. The number of esters is 1. The van der Waals surface area contributed by atoms with Crippen molar-refractivity contribution in [2.24, 2.45) is 0 Å². The van der Waals surface area contributed by atoms with E-state index >= 15 is 0 Å². The van der Waals surface area contributed by atoms with Crippen LogP contribution >= 0.6 is 0 Å². The summed E-state index contributed by atoms with van der Waals surface area (Å²) >= 11 is 0. The third kappa shape index (κ3) is 5.82. The molecule has 0 aliphatic rings. The van der Waals surface area contributed by atoms with Crippen molar-refractivity contribution < 1.29 is 28.5 Å². The zero-order valence-electron chi connectivity index (χ0n) is 20.2. The molecule has 4 aromatic rings. The summed E-state index contributed by atoms with van der Waals surface area (Å²) in [5.74, 6) is 0.0468. The predicted octanol–water partition coefficient (Wildman–Crippen LogP) is 5.02. The second-order valence-corrected chi connectivity index (χ2v) is 7.84. The molecule has 0 amide bonds. The van der Waals surface area contributed by atoms with Crippen molar-refractivity contribution in [2.75, 3.05) is 53.4 Å². The van der Waals surface area contributed by atoms with Gasteiger partial charge in [0.15, 0.2) is 0 Å². The van der Waals surface area contributed by atoms with Crippen LogP contribution in [0.1, 0.15) is 17.3 Å². The molecular weight excluding hydrogens is 446 g/mol. The Morgan fingerprint density at radius 1 is 0.771 bits per heavy atom. The van der Waals surface area contributed by atoms with Crippen LogP contribution in [0.2, 0.25) is 0 Å². The second-order valence-electron chi connectivity index (χ2n) is 7.84. The number of benzene rings is 3. The minimum Gasteiger partial charge on any atom is -0.490 e. The summed E-state index contributed by atoms with van der Waals surface area (Å²) in [6.45, 7) is 4.81. The van der Waals surface area contributed by atoms with Gasteiger partial charge in [-0.15, -0.1) is 0 Å². The topological polar surface area (TPSA) is 68.2 Å². The number of nitrogens with zero attached hydrogens (tertiary/aromatic N) is 1. The Balaban J connectivity index is 1.54. The SMILES string of the molecule is CCOC(=O)c1cc(-n2c3ccccc3c3ccccc32)ccc1OCCOCCOCCOC. The van der Waals surface area contributed by atoms with Crippen LogP contribution in [0.4, 0.5) is 0 Å². The van der Waals surface area contributed by atoms with E-state index in [1.807, 2.05) is 42.5 Å². The fraction of sp³-hybridized carbons (Fsp3) is 0.321. The summed E-state index contributed by atoms with van der Waals surface area (Å²) in [4.78, 5) is 12.8. The van der Waals surface area contributed by atoms with Gasteiger partial charge in [-0.2, -0.15) is 0 Å². The number of carbonyl (C=O) groups excluding carboxylic acids is 1. The molecule has 0 saturated carbocycles. The molecule has 7 nitrogen and oxygen atoms in total. The number of rotatable bonds is 13. The molecule has 0 aliphatic heterocycles. The van der Waals surface area contributed by atoms with Gasteiger partial charge in [0.2, 0.25) is 0 Å². The van der Waals surface area contributed by atoms with E-state index in [0.29, 0.717) is 51.0 Å². The average Bonchev–Trinajstić information content (AvgIpc) is 3.22. The lowest BCUT2D eigenvalue weighted by Crippen LogP contribution is -2.14. The smallest absolute Gasteiger partial charge is 0.341 e. The number of methoxy groups -OCH3 is 1. The molecule has 1 heterocycles. The first-order valence-corrected chi connectivity index (χ1v) is 11.8. The van der Waals surface area contributed by atoms with E-state index in [4.69, 9.17) is 23.7 Å². The lowest BCUT2D eigenvalue weighted by atomic mass is 10.1. The third-order valence-corrected chi connectivity index (χ3v) is 5.59. The zero-order chi connectivity index (χ0) is 24.5. The number of hydrogen-bond donors (Lipinski definition) is 0. The van der Waals surface area contributed by atoms with Gasteiger partial charge in [-0.25, -0.2) is 4.79 Å². The lowest BCUT2D eigenvalue weighted by molar-refractivity contribution is 0.0178. The van der Waals surface area contributed by atoms with Gasteiger partial charge in [-0.05, 0) is 37.3 Å². The molecule has 0 atom stereocenters. The molecule has 0 fully saturated rings. The predicted molar refractivity (Wildman–Crippen MR) is 136 cm³/mol. The van der Waals surface area contributed by atoms with Gasteiger partial charge >= 0.3 is 5.97 Å². The number of fused-ring (bicyclic) bond motifs is 3. The Morgan fingerprint density at radius 2 is 1.37 bits per heavy atom. The molecule has 4 rings (SSSR count). The van der Waals surface area contributed by atoms with Crippen LogP contribution in [0, 0.1) is 0 Å². The molecule has 1 aromatic heterocycles. The summed E-state index contributed by atoms with van der Waals surface area (Å²) in [5.41, 5.74) is 3.38. The highest BCUT2D eigenvalue weighted by molar-refractivity contribution is 6.09. The van der Waals surface area contributed by atoms with Gasteiger partial charge in [0.25, 0.3) is 0 Å². The quantitative estimate of drug-likeness (QED) is 0.199. The molecule has 184 valence electrons. The Labute approximate surface area is 205 Å². The van der Waals surface area contributed by atoms with E-state index in [2.05, 4.69) is 28.8 Å². The van der Waals surface area contributed by atoms with E-state index in [0.717, 1.165) is 27.5 Å². The first-order valence-electron chi connectivity index (χ1n) is 11.8. The Bertz CT molecular complexity index is 1210. The van der Waals surface area contributed by atoms with Crippen molar-refractivity contribution in [3.8, 4) is 11.4 Å². The van der Waals surface area contributed by atoms with Gasteiger partial charge in [0, 0.05) is 23.6 Å². The van der Waals surface area contributed by atoms with Crippen molar-refractivity contribution in [1.82, 2.24) is 4.57 Å². The van der Waals surface area contributed by atoms with Crippen molar-refractivity contribution in [2.45, 2.75) is 6.92 Å². The van der Waals surface area contributed by atoms with Gasteiger partial charge in [0.05, 0.1) is 50.7 Å². The molecule has 0 N–H and O–H groups in total. The Morgan fingerprint density at radius 3 is 2.00 bits per heavy atom. The summed E-state index contributed by atoms with van der Waals surface area (Å²) in [6, 6.07) is 22.1. The van der Waals surface area contributed by atoms with Crippen molar-refractivity contribution in [3.63, 3.8) is 0 Å². The first-order chi connectivity index (χ1) is 17.2. The largest absolute Gasteiger partial charge is 0.490 e. The summed E-state index contributed by atoms with van der Waals surface area (Å²) in [5, 5.41) is 2.31. The third-order valence-electron chi connectivity index (χ3n) is 5.59. The number of para-hydroxylation sites is 2. The van der Waals surface area contributed by atoms with E-state index in [1.54, 1.807) is 14.0 Å². The maximum Gasteiger partial charge on any atom is 0.341 e. The van der Waals surface area contributed by atoms with Crippen LogP contribution < -0.4 is 4.74 Å². The number of hydrogen-bond acceptors (Lipinski definition) is 6. The van der Waals surface area contributed by atoms with E-state index in [-0.39, 0.29) is 6.61 Å². The molecule has 3 aromatic carbocycles. The van der Waals surface area contributed by atoms with Crippen LogP contribution in [0.3, 0.4) is 0 Å². The van der Waals surface area contributed by atoms with Gasteiger partial charge in [0.1, 0.15) is 17.9 Å². The minimum absolute atomic E-state index is 0.282. The van der Waals surface area contributed by atoms with Crippen molar-refractivity contribution in [3.05, 3.63) is 72.3 Å². The maximum absolute atomic E-state index is 12.8. The summed E-state index contributed by atoms with van der Waals surface area (Å²) in [6.07, 6.45) is 0. The molecule has 0 aliphatic carbocycles. The van der Waals surface area contributed by atoms with E-state index in [1.165, 1.54) is 0 Å². The minimum atomic E-state index is -0.419. The van der Waals surface area contributed by atoms with E-state index in [9.17, 15) is 4.79 Å². The highest BCUT2D eigenvalue weighted by Gasteiger charge is 2.18. The maximum atomic E-state index is 12.8. The normalized spacial score (nSPS) is 11.3. The summed E-state index contributed by atoms with van der Waals surface area (Å²) < 4.78 is 29.2. The first kappa shape index (κ1) is 24.7. The standard InChI is InChI=1S/C28H31NO6/c1-3-34-28(30)24-20-21(12-13-27(24)35-19-18-33-17-16-32-15-14-31-2)29-25-10-6-4-8-22(25)23-9-5-7-11-26(23)29/h4-13,20H,3,14-19H2,1-2H3. The number of carbonyl (C=O) groups is 1. The van der Waals surface area contributed by atoms with Crippen molar-refractivity contribution >= 4 is 27.8 Å². The summed E-state index contributed by atoms with van der Waals surface area (Å²) in [7, 11) is 1.64. The fourth-order valence-electron chi connectivity index (χ4n) is 4.03. The highest BCUT2D eigenvalue weighted by Crippen LogP contribution is 2.33. The molecule has 0 unspecified atom stereocenters. The molecule has 0 radical (unpaired) electrons. The molecule has 35 heavy (non-hydrogen) atoms. The second kappa shape index (κ2) is 12.4. The zero-order valence-corrected chi connectivity index (χ0v) is 20.2. The molecule has 0 saturated heterocycles. The van der Waals surface area contributed by atoms with Gasteiger partial charge in [-0.1, -0.05) is 36.4 Å². The monoisotopic (exact) mass is 477 g/mol. The number of aromatic nitrogens is 1. The fourth-order valence-corrected chi connectivity index (χ4v) is 4.03. The van der Waals surface area contributed by atoms with Crippen LogP contribution in [0.15, 0.2) is 66.7 Å². The Hall–Kier alpha value is -3.39.